The van der Waals surface area contributed by atoms with Crippen molar-refractivity contribution < 1.29 is 0 Å². The largest absolute Gasteiger partial charge is 0.384 e. The molecule has 0 aliphatic carbocycles. The molecule has 0 aliphatic heterocycles. The molecule has 0 fully saturated rings. The second-order valence-corrected chi connectivity index (χ2v) is 3.67. The Labute approximate surface area is 98.5 Å². The molecular formula is C11H11ClN4. The number of rotatable bonds is 2. The fourth-order valence-electron chi connectivity index (χ4n) is 1.50. The summed E-state index contributed by atoms with van der Waals surface area (Å²) in [6.07, 6.45) is 3.94. The molecule has 0 atom stereocenters. The molecule has 0 radical (unpaired) electrons. The van der Waals surface area contributed by atoms with E-state index in [1.54, 1.807) is 12.3 Å². The van der Waals surface area contributed by atoms with Crippen LogP contribution in [-0.4, -0.2) is 15.0 Å². The maximum absolute atomic E-state index is 6.07. The van der Waals surface area contributed by atoms with Crippen LogP contribution in [0.2, 0.25) is 5.15 Å². The van der Waals surface area contributed by atoms with Crippen LogP contribution in [0.15, 0.2) is 24.7 Å². The highest BCUT2D eigenvalue weighted by atomic mass is 35.5. The van der Waals surface area contributed by atoms with Crippen LogP contribution in [0.5, 0.6) is 0 Å². The molecule has 2 rings (SSSR count). The lowest BCUT2D eigenvalue weighted by molar-refractivity contribution is 1.00. The summed E-state index contributed by atoms with van der Waals surface area (Å²) in [7, 11) is 0. The van der Waals surface area contributed by atoms with Crippen LogP contribution in [0.3, 0.4) is 0 Å². The summed E-state index contributed by atoms with van der Waals surface area (Å²) >= 11 is 6.07. The molecule has 0 aromatic carbocycles. The van der Waals surface area contributed by atoms with E-state index in [4.69, 9.17) is 17.3 Å². The zero-order valence-electron chi connectivity index (χ0n) is 8.81. The first-order chi connectivity index (χ1) is 7.72. The summed E-state index contributed by atoms with van der Waals surface area (Å²) in [6.45, 7) is 2.02. The third-order valence-corrected chi connectivity index (χ3v) is 2.58. The van der Waals surface area contributed by atoms with E-state index in [-0.39, 0.29) is 0 Å². The molecule has 0 amide bonds. The van der Waals surface area contributed by atoms with E-state index in [1.807, 2.05) is 13.0 Å². The van der Waals surface area contributed by atoms with Crippen LogP contribution in [0.4, 0.5) is 5.82 Å². The third-order valence-electron chi connectivity index (χ3n) is 2.29. The number of hydrogen-bond acceptors (Lipinski definition) is 4. The topological polar surface area (TPSA) is 64.7 Å². The molecule has 82 valence electrons. The second kappa shape index (κ2) is 4.45. The van der Waals surface area contributed by atoms with Crippen LogP contribution in [0.1, 0.15) is 12.6 Å². The number of nitrogens with zero attached hydrogens (tertiary/aromatic N) is 3. The minimum Gasteiger partial charge on any atom is -0.384 e. The van der Waals surface area contributed by atoms with Gasteiger partial charge >= 0.3 is 0 Å². The van der Waals surface area contributed by atoms with Crippen molar-refractivity contribution in [3.8, 4) is 11.1 Å². The van der Waals surface area contributed by atoms with Crippen molar-refractivity contribution in [1.82, 2.24) is 15.0 Å². The van der Waals surface area contributed by atoms with Gasteiger partial charge in [-0.3, -0.25) is 0 Å². The van der Waals surface area contributed by atoms with Gasteiger partial charge in [-0.25, -0.2) is 15.0 Å². The normalized spacial score (nSPS) is 10.4. The first-order valence-corrected chi connectivity index (χ1v) is 5.31. The van der Waals surface area contributed by atoms with Crippen LogP contribution in [0, 0.1) is 0 Å². The molecule has 2 aromatic rings. The predicted octanol–water partition coefficient (Wildman–Crippen LogP) is 2.34. The van der Waals surface area contributed by atoms with Crippen molar-refractivity contribution in [2.75, 3.05) is 5.73 Å². The highest BCUT2D eigenvalue weighted by Gasteiger charge is 2.10. The van der Waals surface area contributed by atoms with Gasteiger partial charge in [-0.2, -0.15) is 0 Å². The maximum atomic E-state index is 6.07. The predicted molar refractivity (Wildman–Crippen MR) is 64.1 cm³/mol. The van der Waals surface area contributed by atoms with Gasteiger partial charge in [0.2, 0.25) is 0 Å². The molecule has 0 aliphatic rings. The average molecular weight is 235 g/mol. The Hall–Kier alpha value is -1.68. The smallest absolute Gasteiger partial charge is 0.140 e. The quantitative estimate of drug-likeness (QED) is 0.810. The van der Waals surface area contributed by atoms with E-state index < -0.39 is 0 Å². The van der Waals surface area contributed by atoms with Crippen LogP contribution in [0.25, 0.3) is 11.1 Å². The number of aromatic nitrogens is 3. The second-order valence-electron chi connectivity index (χ2n) is 3.31. The summed E-state index contributed by atoms with van der Waals surface area (Å²) < 4.78 is 0. The zero-order valence-corrected chi connectivity index (χ0v) is 9.57. The Morgan fingerprint density at radius 1 is 1.25 bits per heavy atom. The zero-order chi connectivity index (χ0) is 11.5. The van der Waals surface area contributed by atoms with Gasteiger partial charge in [-0.1, -0.05) is 18.5 Å². The molecule has 0 bridgehead atoms. The summed E-state index contributed by atoms with van der Waals surface area (Å²) in [4.78, 5) is 12.2. The van der Waals surface area contributed by atoms with Gasteiger partial charge in [0.1, 0.15) is 17.3 Å². The van der Waals surface area contributed by atoms with Crippen molar-refractivity contribution in [2.24, 2.45) is 0 Å². The van der Waals surface area contributed by atoms with Gasteiger partial charge in [0.25, 0.3) is 0 Å². The molecule has 2 N–H and O–H groups in total. The Morgan fingerprint density at radius 3 is 2.69 bits per heavy atom. The minimum atomic E-state index is 0.443. The number of hydrogen-bond donors (Lipinski definition) is 1. The first kappa shape index (κ1) is 10.8. The fourth-order valence-corrected chi connectivity index (χ4v) is 1.77. The van der Waals surface area contributed by atoms with Crippen molar-refractivity contribution in [3.63, 3.8) is 0 Å². The minimum absolute atomic E-state index is 0.443. The summed E-state index contributed by atoms with van der Waals surface area (Å²) in [6, 6.07) is 3.60. The molecule has 0 unspecified atom stereocenters. The first-order valence-electron chi connectivity index (χ1n) is 4.93. The lowest BCUT2D eigenvalue weighted by atomic mass is 10.1. The number of nitrogen functional groups attached to an aromatic ring is 1. The van der Waals surface area contributed by atoms with Gasteiger partial charge in [-0.05, 0) is 18.6 Å². The van der Waals surface area contributed by atoms with Crippen molar-refractivity contribution in [2.45, 2.75) is 13.3 Å². The van der Waals surface area contributed by atoms with Crippen molar-refractivity contribution in [3.05, 3.63) is 35.5 Å². The number of aryl methyl sites for hydroxylation is 1. The number of pyridine rings is 1. The molecule has 4 nitrogen and oxygen atoms in total. The molecule has 0 saturated carbocycles. The van der Waals surface area contributed by atoms with E-state index >= 15 is 0 Å². The van der Waals surface area contributed by atoms with Gasteiger partial charge in [-0.15, -0.1) is 0 Å². The van der Waals surface area contributed by atoms with Crippen LogP contribution < -0.4 is 5.73 Å². The van der Waals surface area contributed by atoms with E-state index in [0.717, 1.165) is 23.2 Å². The lowest BCUT2D eigenvalue weighted by Gasteiger charge is -2.07. The highest BCUT2D eigenvalue weighted by molar-refractivity contribution is 6.32. The fraction of sp³-hybridized carbons (Fsp3) is 0.182. The van der Waals surface area contributed by atoms with E-state index in [2.05, 4.69) is 15.0 Å². The van der Waals surface area contributed by atoms with Crippen molar-refractivity contribution in [1.29, 1.82) is 0 Å². The Bertz CT molecular complexity index is 496. The molecule has 5 heteroatoms. The number of nitrogens with two attached hydrogens (primary N) is 1. The van der Waals surface area contributed by atoms with Crippen LogP contribution in [-0.2, 0) is 6.42 Å². The summed E-state index contributed by atoms with van der Waals surface area (Å²) in [5.74, 6) is 0.481. The molecule has 2 heterocycles. The molecule has 0 spiro atoms. The monoisotopic (exact) mass is 234 g/mol. The maximum Gasteiger partial charge on any atom is 0.140 e. The Kier molecular flexibility index (Phi) is 3.01. The molecular weight excluding hydrogens is 224 g/mol. The molecule has 2 aromatic heterocycles. The average Bonchev–Trinajstić information content (AvgIpc) is 2.30. The molecule has 0 saturated heterocycles. The van der Waals surface area contributed by atoms with Crippen molar-refractivity contribution >= 4 is 17.4 Å². The van der Waals surface area contributed by atoms with Gasteiger partial charge in [0.15, 0.2) is 0 Å². The standard InChI is InChI=1S/C11H11ClN4/c1-2-8-10(11(12)16-6-15-8)7-3-4-9(13)14-5-7/h3-6H,2H2,1H3,(H2,13,14). The Morgan fingerprint density at radius 2 is 2.06 bits per heavy atom. The number of halogens is 1. The number of anilines is 1. The van der Waals surface area contributed by atoms with E-state index in [0.29, 0.717) is 11.0 Å². The molecule has 16 heavy (non-hydrogen) atoms. The van der Waals surface area contributed by atoms with Gasteiger partial charge in [0.05, 0.1) is 5.69 Å². The highest BCUT2D eigenvalue weighted by Crippen LogP contribution is 2.28. The van der Waals surface area contributed by atoms with E-state index in [9.17, 15) is 0 Å². The van der Waals surface area contributed by atoms with Crippen LogP contribution >= 0.6 is 11.6 Å². The SMILES string of the molecule is CCc1ncnc(Cl)c1-c1ccc(N)nc1. The van der Waals surface area contributed by atoms with E-state index in [1.165, 1.54) is 6.33 Å². The summed E-state index contributed by atoms with van der Waals surface area (Å²) in [5.41, 5.74) is 8.17. The Balaban J connectivity index is 2.58. The van der Waals surface area contributed by atoms with Gasteiger partial charge < -0.3 is 5.73 Å². The third kappa shape index (κ3) is 1.97. The lowest BCUT2D eigenvalue weighted by Crippen LogP contribution is -1.96. The van der Waals surface area contributed by atoms with Gasteiger partial charge in [0, 0.05) is 17.3 Å². The summed E-state index contributed by atoms with van der Waals surface area (Å²) in [5, 5.41) is 0.443.